The highest BCUT2D eigenvalue weighted by Gasteiger charge is 2.13. The number of hydrogen-bond acceptors (Lipinski definition) is 3. The number of aliphatic hydroxyl groups is 1. The van der Waals surface area contributed by atoms with Gasteiger partial charge in [-0.1, -0.05) is 0 Å². The Labute approximate surface area is 90.6 Å². The van der Waals surface area contributed by atoms with Gasteiger partial charge in [-0.3, -0.25) is 0 Å². The van der Waals surface area contributed by atoms with Crippen LogP contribution in [0.1, 0.15) is 19.8 Å². The van der Waals surface area contributed by atoms with Crippen LogP contribution in [0.15, 0.2) is 0 Å². The fourth-order valence-corrected chi connectivity index (χ4v) is 1.63. The molecule has 1 aliphatic heterocycles. The first kappa shape index (κ1) is 12.3. The van der Waals surface area contributed by atoms with E-state index in [1.165, 1.54) is 0 Å². The number of carbonyl (C=O) groups excluding carboxylic acids is 1. The second kappa shape index (κ2) is 6.63. The van der Waals surface area contributed by atoms with Crippen molar-refractivity contribution in [1.82, 2.24) is 16.0 Å². The summed E-state index contributed by atoms with van der Waals surface area (Å²) in [7, 11) is 0. The Morgan fingerprint density at radius 3 is 2.73 bits per heavy atom. The monoisotopic (exact) mass is 215 g/mol. The minimum Gasteiger partial charge on any atom is -0.392 e. The van der Waals surface area contributed by atoms with E-state index in [1.54, 1.807) is 6.92 Å². The van der Waals surface area contributed by atoms with Crippen LogP contribution in [0.25, 0.3) is 0 Å². The van der Waals surface area contributed by atoms with Crippen molar-refractivity contribution in [3.63, 3.8) is 0 Å². The second-order valence-corrected chi connectivity index (χ2v) is 4.13. The van der Waals surface area contributed by atoms with Crippen molar-refractivity contribution in [2.24, 2.45) is 5.92 Å². The first-order valence-corrected chi connectivity index (χ1v) is 5.59. The Morgan fingerprint density at radius 1 is 1.47 bits per heavy atom. The average molecular weight is 215 g/mol. The summed E-state index contributed by atoms with van der Waals surface area (Å²) in [5.74, 6) is 0.587. The summed E-state index contributed by atoms with van der Waals surface area (Å²) in [5.41, 5.74) is 0. The summed E-state index contributed by atoms with van der Waals surface area (Å²) in [4.78, 5) is 11.2. The highest BCUT2D eigenvalue weighted by molar-refractivity contribution is 5.73. The molecule has 0 bridgehead atoms. The molecule has 4 N–H and O–H groups in total. The van der Waals surface area contributed by atoms with E-state index < -0.39 is 6.10 Å². The molecule has 1 unspecified atom stereocenters. The number of piperidine rings is 1. The predicted octanol–water partition coefficient (Wildman–Crippen LogP) is -0.334. The lowest BCUT2D eigenvalue weighted by Gasteiger charge is -2.22. The summed E-state index contributed by atoms with van der Waals surface area (Å²) in [6.07, 6.45) is 1.75. The van der Waals surface area contributed by atoms with Gasteiger partial charge in [0.15, 0.2) is 0 Å². The van der Waals surface area contributed by atoms with Crippen LogP contribution >= 0.6 is 0 Å². The van der Waals surface area contributed by atoms with Gasteiger partial charge in [0, 0.05) is 13.1 Å². The molecule has 1 aliphatic rings. The third kappa shape index (κ3) is 5.59. The zero-order valence-corrected chi connectivity index (χ0v) is 9.25. The van der Waals surface area contributed by atoms with Crippen molar-refractivity contribution in [2.75, 3.05) is 26.2 Å². The molecule has 0 radical (unpaired) electrons. The van der Waals surface area contributed by atoms with Crippen molar-refractivity contribution < 1.29 is 9.90 Å². The van der Waals surface area contributed by atoms with Crippen molar-refractivity contribution in [3.05, 3.63) is 0 Å². The maximum Gasteiger partial charge on any atom is 0.314 e. The van der Waals surface area contributed by atoms with Crippen LogP contribution in [0, 0.1) is 5.92 Å². The van der Waals surface area contributed by atoms with Crippen molar-refractivity contribution in [2.45, 2.75) is 25.9 Å². The zero-order valence-electron chi connectivity index (χ0n) is 9.25. The first-order chi connectivity index (χ1) is 7.18. The molecule has 88 valence electrons. The Kier molecular flexibility index (Phi) is 5.42. The van der Waals surface area contributed by atoms with Crippen LogP contribution in [-0.2, 0) is 0 Å². The van der Waals surface area contributed by atoms with E-state index in [9.17, 15) is 4.79 Å². The number of rotatable bonds is 4. The number of amides is 2. The van der Waals surface area contributed by atoms with Crippen LogP contribution in [0.5, 0.6) is 0 Å². The topological polar surface area (TPSA) is 73.4 Å². The maximum absolute atomic E-state index is 11.2. The van der Waals surface area contributed by atoms with Crippen LogP contribution in [0.2, 0.25) is 0 Å². The molecular formula is C10H21N3O2. The van der Waals surface area contributed by atoms with Crippen molar-refractivity contribution in [3.8, 4) is 0 Å². The smallest absolute Gasteiger partial charge is 0.314 e. The van der Waals surface area contributed by atoms with Gasteiger partial charge in [-0.15, -0.1) is 0 Å². The highest BCUT2D eigenvalue weighted by Crippen LogP contribution is 2.09. The Morgan fingerprint density at radius 2 is 2.13 bits per heavy atom. The number of hydrogen-bond donors (Lipinski definition) is 4. The Hall–Kier alpha value is -0.810. The minimum absolute atomic E-state index is 0.186. The molecule has 1 saturated heterocycles. The molecular weight excluding hydrogens is 194 g/mol. The normalized spacial score (nSPS) is 19.6. The highest BCUT2D eigenvalue weighted by atomic mass is 16.3. The van der Waals surface area contributed by atoms with Crippen molar-refractivity contribution in [1.29, 1.82) is 0 Å². The molecule has 1 heterocycles. The second-order valence-electron chi connectivity index (χ2n) is 4.13. The van der Waals surface area contributed by atoms with E-state index in [4.69, 9.17) is 5.11 Å². The Balaban J connectivity index is 2.05. The summed E-state index contributed by atoms with van der Waals surface area (Å²) in [5, 5.41) is 17.7. The number of carbonyl (C=O) groups is 1. The molecule has 2 amide bonds. The van der Waals surface area contributed by atoms with Gasteiger partial charge in [-0.25, -0.2) is 4.79 Å². The molecule has 1 atom stereocenters. The standard InChI is InChI=1S/C10H21N3O2/c1-8(14)6-12-10(15)13-7-9-2-4-11-5-3-9/h8-9,11,14H,2-7H2,1H3,(H2,12,13,15). The van der Waals surface area contributed by atoms with E-state index in [-0.39, 0.29) is 6.03 Å². The van der Waals surface area contributed by atoms with Gasteiger partial charge in [-0.05, 0) is 38.8 Å². The van der Waals surface area contributed by atoms with Crippen LogP contribution in [0.3, 0.4) is 0 Å². The summed E-state index contributed by atoms with van der Waals surface area (Å²) in [6.45, 7) is 4.77. The van der Waals surface area contributed by atoms with Gasteiger partial charge in [0.1, 0.15) is 0 Å². The number of aliphatic hydroxyl groups excluding tert-OH is 1. The largest absolute Gasteiger partial charge is 0.392 e. The van der Waals surface area contributed by atoms with E-state index in [0.29, 0.717) is 12.5 Å². The minimum atomic E-state index is -0.491. The van der Waals surface area contributed by atoms with Crippen LogP contribution < -0.4 is 16.0 Å². The van der Waals surface area contributed by atoms with Gasteiger partial charge in [0.2, 0.25) is 0 Å². The lowest BCUT2D eigenvalue weighted by molar-refractivity contribution is 0.187. The van der Waals surface area contributed by atoms with Gasteiger partial charge in [-0.2, -0.15) is 0 Å². The lowest BCUT2D eigenvalue weighted by atomic mass is 9.98. The molecule has 0 aromatic rings. The predicted molar refractivity (Wildman–Crippen MR) is 58.7 cm³/mol. The fourth-order valence-electron chi connectivity index (χ4n) is 1.63. The van der Waals surface area contributed by atoms with E-state index in [1.807, 2.05) is 0 Å². The Bertz CT molecular complexity index is 191. The first-order valence-electron chi connectivity index (χ1n) is 5.59. The number of nitrogens with one attached hydrogen (secondary N) is 3. The molecule has 15 heavy (non-hydrogen) atoms. The molecule has 0 aromatic heterocycles. The molecule has 5 heteroatoms. The molecule has 1 fully saturated rings. The number of urea groups is 1. The van der Waals surface area contributed by atoms with E-state index in [2.05, 4.69) is 16.0 Å². The SMILES string of the molecule is CC(O)CNC(=O)NCC1CCNCC1. The van der Waals surface area contributed by atoms with E-state index >= 15 is 0 Å². The third-order valence-electron chi connectivity index (χ3n) is 2.57. The fraction of sp³-hybridized carbons (Fsp3) is 0.900. The average Bonchev–Trinajstić information content (AvgIpc) is 2.25. The quantitative estimate of drug-likeness (QED) is 0.518. The van der Waals surface area contributed by atoms with Gasteiger partial charge in [0.05, 0.1) is 6.10 Å². The molecule has 0 saturated carbocycles. The molecule has 0 aliphatic carbocycles. The lowest BCUT2D eigenvalue weighted by Crippen LogP contribution is -2.42. The molecule has 0 aromatic carbocycles. The third-order valence-corrected chi connectivity index (χ3v) is 2.57. The summed E-state index contributed by atoms with van der Waals surface area (Å²) in [6, 6.07) is -0.186. The zero-order chi connectivity index (χ0) is 11.1. The molecule has 5 nitrogen and oxygen atoms in total. The van der Waals surface area contributed by atoms with Gasteiger partial charge in [0.25, 0.3) is 0 Å². The molecule has 0 spiro atoms. The van der Waals surface area contributed by atoms with Crippen molar-refractivity contribution >= 4 is 6.03 Å². The molecule has 1 rings (SSSR count). The maximum atomic E-state index is 11.2. The summed E-state index contributed by atoms with van der Waals surface area (Å²) >= 11 is 0. The van der Waals surface area contributed by atoms with Crippen LogP contribution in [0.4, 0.5) is 4.79 Å². The van der Waals surface area contributed by atoms with E-state index in [0.717, 1.165) is 32.5 Å². The summed E-state index contributed by atoms with van der Waals surface area (Å²) < 4.78 is 0. The van der Waals surface area contributed by atoms with Crippen LogP contribution in [-0.4, -0.2) is 43.4 Å². The van der Waals surface area contributed by atoms with Gasteiger partial charge >= 0.3 is 6.03 Å². The van der Waals surface area contributed by atoms with Gasteiger partial charge < -0.3 is 21.1 Å².